The van der Waals surface area contributed by atoms with Gasteiger partial charge in [-0.15, -0.1) is 0 Å². The van der Waals surface area contributed by atoms with E-state index in [0.29, 0.717) is 0 Å². The SMILES string of the molecule is C/C=C\C.CC.COc1ccc(N(c2ccc(C3(c4cccc(-c5ccc(-c6nccc7ccccc67)cc5)c4)c4ccccc4-c4ccccc43)cc2)c2cccc3ccccc23)cc1. The third-order valence-electron chi connectivity index (χ3n) is 12.6. The molecule has 1 aliphatic rings. The molecule has 0 saturated carbocycles. The minimum Gasteiger partial charge on any atom is -0.497 e. The Labute approximate surface area is 390 Å². The van der Waals surface area contributed by atoms with Gasteiger partial charge in [-0.3, -0.25) is 4.98 Å². The van der Waals surface area contributed by atoms with Crippen LogP contribution in [0, 0.1) is 0 Å². The second-order valence-corrected chi connectivity index (χ2v) is 16.1. The molecule has 0 spiro atoms. The topological polar surface area (TPSA) is 25.4 Å². The van der Waals surface area contributed by atoms with Gasteiger partial charge in [0, 0.05) is 33.9 Å². The van der Waals surface area contributed by atoms with E-state index < -0.39 is 5.41 Å². The Bertz CT molecular complexity index is 3210. The molecule has 0 radical (unpaired) electrons. The van der Waals surface area contributed by atoms with E-state index >= 15 is 0 Å². The van der Waals surface area contributed by atoms with E-state index in [1.165, 1.54) is 55.1 Å². The number of benzene rings is 9. The van der Waals surface area contributed by atoms with Crippen molar-refractivity contribution < 1.29 is 4.74 Å². The van der Waals surface area contributed by atoms with Crippen LogP contribution in [0.3, 0.4) is 0 Å². The predicted octanol–water partition coefficient (Wildman–Crippen LogP) is 17.2. The fraction of sp³-hybridized carbons (Fsp3) is 0.0952. The molecule has 0 saturated heterocycles. The molecule has 0 aliphatic heterocycles. The zero-order valence-corrected chi connectivity index (χ0v) is 38.3. The Morgan fingerprint density at radius 3 is 1.62 bits per heavy atom. The summed E-state index contributed by atoms with van der Waals surface area (Å²) in [5.74, 6) is 0.826. The largest absolute Gasteiger partial charge is 0.497 e. The standard InChI is InChI=1S/C57H40N2O.C4H8.C2H6/c1-60-48-34-32-47(33-35-48)59(55-23-11-14-40-12-2-4-17-49(40)55)46-30-28-44(29-31-46)57(53-21-8-6-19-51(53)52-20-7-9-22-54(52)57)45-16-10-15-43(38-45)39-24-26-42(27-25-39)56-50-18-5-3-13-41(50)36-37-58-56;1-3-4-2;1-2/h2-38H,1H3;3-4H,1-2H3;1-2H3/b;4-3-;. The van der Waals surface area contributed by atoms with Crippen LogP contribution in [0.5, 0.6) is 5.75 Å². The van der Waals surface area contributed by atoms with Gasteiger partial charge in [-0.2, -0.15) is 0 Å². The highest BCUT2D eigenvalue weighted by Gasteiger charge is 2.46. The van der Waals surface area contributed by atoms with Crippen molar-refractivity contribution in [2.45, 2.75) is 33.1 Å². The number of allylic oxidation sites excluding steroid dienone is 2. The molecule has 0 bridgehead atoms. The van der Waals surface area contributed by atoms with E-state index in [-0.39, 0.29) is 0 Å². The molecule has 1 aromatic heterocycles. The molecule has 3 heteroatoms. The number of fused-ring (bicyclic) bond motifs is 5. The highest BCUT2D eigenvalue weighted by Crippen LogP contribution is 2.56. The van der Waals surface area contributed by atoms with Gasteiger partial charge >= 0.3 is 0 Å². The lowest BCUT2D eigenvalue weighted by Gasteiger charge is -2.35. The number of anilines is 3. The molecule has 0 atom stereocenters. The molecule has 1 heterocycles. The van der Waals surface area contributed by atoms with E-state index in [4.69, 9.17) is 9.72 Å². The van der Waals surface area contributed by atoms with Crippen molar-refractivity contribution in [2.24, 2.45) is 0 Å². The first-order valence-corrected chi connectivity index (χ1v) is 23.0. The van der Waals surface area contributed by atoms with Crippen LogP contribution in [-0.4, -0.2) is 12.1 Å². The average Bonchev–Trinajstić information content (AvgIpc) is 3.71. The summed E-state index contributed by atoms with van der Waals surface area (Å²) in [6.07, 6.45) is 5.90. The van der Waals surface area contributed by atoms with E-state index in [2.05, 4.69) is 211 Å². The number of methoxy groups -OCH3 is 1. The molecule has 0 N–H and O–H groups in total. The Hall–Kier alpha value is -8.01. The van der Waals surface area contributed by atoms with Crippen LogP contribution in [0.25, 0.3) is 55.1 Å². The number of pyridine rings is 1. The number of hydrogen-bond donors (Lipinski definition) is 0. The Morgan fingerprint density at radius 2 is 0.985 bits per heavy atom. The summed E-state index contributed by atoms with van der Waals surface area (Å²) in [4.78, 5) is 7.15. The number of ether oxygens (including phenoxy) is 1. The molecule has 0 amide bonds. The summed E-state index contributed by atoms with van der Waals surface area (Å²) in [5, 5.41) is 4.73. The summed E-state index contributed by atoms with van der Waals surface area (Å²) in [5.41, 5.74) is 14.7. The van der Waals surface area contributed by atoms with E-state index in [1.54, 1.807) is 7.11 Å². The van der Waals surface area contributed by atoms with E-state index in [9.17, 15) is 0 Å². The van der Waals surface area contributed by atoms with Gasteiger partial charge in [0.25, 0.3) is 0 Å². The highest BCUT2D eigenvalue weighted by atomic mass is 16.5. The fourth-order valence-corrected chi connectivity index (χ4v) is 9.55. The van der Waals surface area contributed by atoms with Gasteiger partial charge in [-0.25, -0.2) is 0 Å². The van der Waals surface area contributed by atoms with Crippen molar-refractivity contribution in [3.63, 3.8) is 0 Å². The van der Waals surface area contributed by atoms with Crippen LogP contribution in [0.1, 0.15) is 49.9 Å². The van der Waals surface area contributed by atoms with Gasteiger partial charge in [-0.1, -0.05) is 190 Å². The quantitative estimate of drug-likeness (QED) is 0.142. The first-order chi connectivity index (χ1) is 32.6. The maximum absolute atomic E-state index is 5.57. The first-order valence-electron chi connectivity index (χ1n) is 23.0. The minimum atomic E-state index is -0.557. The van der Waals surface area contributed by atoms with Gasteiger partial charge in [0.05, 0.1) is 23.9 Å². The molecule has 322 valence electrons. The maximum atomic E-state index is 5.57. The molecule has 9 aromatic carbocycles. The number of aromatic nitrogens is 1. The van der Waals surface area contributed by atoms with Crippen molar-refractivity contribution in [3.8, 4) is 39.3 Å². The third-order valence-corrected chi connectivity index (χ3v) is 12.6. The Kier molecular flexibility index (Phi) is 12.7. The van der Waals surface area contributed by atoms with E-state index in [1.807, 2.05) is 58.2 Å². The van der Waals surface area contributed by atoms with Crippen LogP contribution in [0.4, 0.5) is 17.1 Å². The van der Waals surface area contributed by atoms with Gasteiger partial charge in [0.1, 0.15) is 5.75 Å². The highest BCUT2D eigenvalue weighted by molar-refractivity contribution is 5.99. The van der Waals surface area contributed by atoms with Crippen molar-refractivity contribution in [2.75, 3.05) is 12.0 Å². The molecule has 0 unspecified atom stereocenters. The predicted molar refractivity (Wildman–Crippen MR) is 280 cm³/mol. The lowest BCUT2D eigenvalue weighted by atomic mass is 9.67. The van der Waals surface area contributed by atoms with Crippen molar-refractivity contribution in [3.05, 3.63) is 259 Å². The maximum Gasteiger partial charge on any atom is 0.119 e. The van der Waals surface area contributed by atoms with Gasteiger partial charge in [0.2, 0.25) is 0 Å². The molecular weight excluding hydrogens is 801 g/mol. The van der Waals surface area contributed by atoms with Crippen LogP contribution >= 0.6 is 0 Å². The smallest absolute Gasteiger partial charge is 0.119 e. The number of nitrogens with zero attached hydrogens (tertiary/aromatic N) is 2. The summed E-state index contributed by atoms with van der Waals surface area (Å²) < 4.78 is 5.57. The molecule has 3 nitrogen and oxygen atoms in total. The van der Waals surface area contributed by atoms with E-state index in [0.717, 1.165) is 45.0 Å². The normalized spacial score (nSPS) is 12.1. The molecular formula is C63H54N2O. The molecule has 1 aliphatic carbocycles. The minimum absolute atomic E-state index is 0.557. The number of hydrogen-bond acceptors (Lipinski definition) is 3. The summed E-state index contributed by atoms with van der Waals surface area (Å²) in [6, 6.07) is 79.2. The fourth-order valence-electron chi connectivity index (χ4n) is 9.55. The monoisotopic (exact) mass is 854 g/mol. The van der Waals surface area contributed by atoms with Crippen LogP contribution in [-0.2, 0) is 5.41 Å². The summed E-state index contributed by atoms with van der Waals surface area (Å²) in [7, 11) is 1.71. The molecule has 66 heavy (non-hydrogen) atoms. The lowest BCUT2D eigenvalue weighted by molar-refractivity contribution is 0.415. The second kappa shape index (κ2) is 19.4. The van der Waals surface area contributed by atoms with Crippen LogP contribution in [0.15, 0.2) is 237 Å². The van der Waals surface area contributed by atoms with Crippen molar-refractivity contribution in [1.82, 2.24) is 4.98 Å². The third kappa shape index (κ3) is 7.84. The van der Waals surface area contributed by atoms with Gasteiger partial charge < -0.3 is 9.64 Å². The zero-order chi connectivity index (χ0) is 45.5. The summed E-state index contributed by atoms with van der Waals surface area (Å²) >= 11 is 0. The molecule has 11 rings (SSSR count). The zero-order valence-electron chi connectivity index (χ0n) is 38.3. The number of rotatable bonds is 8. The van der Waals surface area contributed by atoms with Crippen LogP contribution < -0.4 is 9.64 Å². The van der Waals surface area contributed by atoms with Crippen molar-refractivity contribution in [1.29, 1.82) is 0 Å². The van der Waals surface area contributed by atoms with Gasteiger partial charge in [-0.05, 0) is 124 Å². The Morgan fingerprint density at radius 1 is 0.455 bits per heavy atom. The van der Waals surface area contributed by atoms with Gasteiger partial charge in [0.15, 0.2) is 0 Å². The lowest BCUT2D eigenvalue weighted by Crippen LogP contribution is -2.28. The van der Waals surface area contributed by atoms with Crippen molar-refractivity contribution >= 4 is 38.6 Å². The Balaban J connectivity index is 0.000000868. The molecule has 10 aromatic rings. The molecule has 0 fully saturated rings. The second-order valence-electron chi connectivity index (χ2n) is 16.1. The van der Waals surface area contributed by atoms with Crippen LogP contribution in [0.2, 0.25) is 0 Å². The first kappa shape index (κ1) is 43.3. The summed E-state index contributed by atoms with van der Waals surface area (Å²) in [6.45, 7) is 8.00. The average molecular weight is 855 g/mol.